The fourth-order valence-electron chi connectivity index (χ4n) is 1.97. The van der Waals surface area contributed by atoms with Gasteiger partial charge in [0.2, 0.25) is 5.95 Å². The highest BCUT2D eigenvalue weighted by Crippen LogP contribution is 2.22. The lowest BCUT2D eigenvalue weighted by molar-refractivity contribution is 0.922. The maximum atomic E-state index is 4.51. The van der Waals surface area contributed by atoms with E-state index in [1.54, 1.807) is 0 Å². The topological polar surface area (TPSA) is 37.8 Å². The third-order valence-electron chi connectivity index (χ3n) is 2.96. The number of anilines is 1. The van der Waals surface area contributed by atoms with Crippen molar-refractivity contribution in [3.8, 4) is 11.3 Å². The second-order valence-electron chi connectivity index (χ2n) is 4.42. The molecule has 1 aromatic carbocycles. The highest BCUT2D eigenvalue weighted by molar-refractivity contribution is 5.63. The molecule has 0 aliphatic carbocycles. The number of hydrogen-bond donors (Lipinski definition) is 1. The molecule has 1 heterocycles. The van der Waals surface area contributed by atoms with Gasteiger partial charge in [-0.15, -0.1) is 0 Å². The van der Waals surface area contributed by atoms with Crippen LogP contribution in [-0.4, -0.2) is 17.0 Å². The zero-order chi connectivity index (χ0) is 13.0. The SMILES string of the molecule is CCCc1ccc(-c2nc(NC)ncc2C)cc1. The summed E-state index contributed by atoms with van der Waals surface area (Å²) in [4.78, 5) is 8.72. The smallest absolute Gasteiger partial charge is 0.222 e. The molecule has 0 amide bonds. The molecule has 1 N–H and O–H groups in total. The van der Waals surface area contributed by atoms with Crippen LogP contribution in [0, 0.1) is 6.92 Å². The van der Waals surface area contributed by atoms with E-state index in [2.05, 4.69) is 46.5 Å². The van der Waals surface area contributed by atoms with Gasteiger partial charge in [-0.25, -0.2) is 9.97 Å². The molecular weight excluding hydrogens is 222 g/mol. The van der Waals surface area contributed by atoms with E-state index in [0.717, 1.165) is 23.2 Å². The Kier molecular flexibility index (Phi) is 3.92. The van der Waals surface area contributed by atoms with Gasteiger partial charge in [-0.2, -0.15) is 0 Å². The number of aromatic nitrogens is 2. The molecule has 0 atom stereocenters. The Morgan fingerprint density at radius 2 is 1.89 bits per heavy atom. The van der Waals surface area contributed by atoms with E-state index in [-0.39, 0.29) is 0 Å². The monoisotopic (exact) mass is 241 g/mol. The van der Waals surface area contributed by atoms with Crippen molar-refractivity contribution >= 4 is 5.95 Å². The summed E-state index contributed by atoms with van der Waals surface area (Å²) in [6.07, 6.45) is 4.16. The lowest BCUT2D eigenvalue weighted by Gasteiger charge is -2.08. The molecule has 2 aromatic rings. The Labute approximate surface area is 108 Å². The summed E-state index contributed by atoms with van der Waals surface area (Å²) < 4.78 is 0. The molecule has 0 spiro atoms. The van der Waals surface area contributed by atoms with Crippen LogP contribution in [0.2, 0.25) is 0 Å². The summed E-state index contributed by atoms with van der Waals surface area (Å²) in [5.41, 5.74) is 4.61. The number of nitrogens with one attached hydrogen (secondary N) is 1. The molecule has 0 radical (unpaired) electrons. The van der Waals surface area contributed by atoms with E-state index in [1.165, 1.54) is 12.0 Å². The molecule has 2 rings (SSSR count). The Balaban J connectivity index is 2.35. The van der Waals surface area contributed by atoms with Crippen LogP contribution in [0.15, 0.2) is 30.5 Å². The maximum absolute atomic E-state index is 4.51. The molecule has 0 aliphatic rings. The summed E-state index contributed by atoms with van der Waals surface area (Å²) in [5, 5.41) is 2.97. The predicted molar refractivity (Wildman–Crippen MR) is 75.7 cm³/mol. The summed E-state index contributed by atoms with van der Waals surface area (Å²) in [6.45, 7) is 4.23. The van der Waals surface area contributed by atoms with Gasteiger partial charge in [0.25, 0.3) is 0 Å². The molecule has 1 aromatic heterocycles. The summed E-state index contributed by atoms with van der Waals surface area (Å²) in [7, 11) is 1.83. The van der Waals surface area contributed by atoms with Crippen LogP contribution >= 0.6 is 0 Å². The normalized spacial score (nSPS) is 10.4. The minimum absolute atomic E-state index is 0.660. The van der Waals surface area contributed by atoms with Gasteiger partial charge in [0.1, 0.15) is 0 Å². The number of aryl methyl sites for hydroxylation is 2. The average Bonchev–Trinajstić information content (AvgIpc) is 2.41. The number of nitrogens with zero attached hydrogens (tertiary/aromatic N) is 2. The number of benzene rings is 1. The molecule has 0 aliphatic heterocycles. The van der Waals surface area contributed by atoms with Crippen molar-refractivity contribution in [2.75, 3.05) is 12.4 Å². The number of hydrogen-bond acceptors (Lipinski definition) is 3. The summed E-state index contributed by atoms with van der Waals surface area (Å²) >= 11 is 0. The Morgan fingerprint density at radius 3 is 2.50 bits per heavy atom. The molecule has 0 fully saturated rings. The van der Waals surface area contributed by atoms with Crippen LogP contribution in [0.4, 0.5) is 5.95 Å². The van der Waals surface area contributed by atoms with Crippen LogP contribution in [0.3, 0.4) is 0 Å². The second-order valence-corrected chi connectivity index (χ2v) is 4.42. The minimum Gasteiger partial charge on any atom is -0.357 e. The lowest BCUT2D eigenvalue weighted by Crippen LogP contribution is -1.99. The molecule has 0 unspecified atom stereocenters. The van der Waals surface area contributed by atoms with Crippen molar-refractivity contribution in [1.82, 2.24) is 9.97 Å². The van der Waals surface area contributed by atoms with E-state index in [1.807, 2.05) is 20.2 Å². The molecule has 94 valence electrons. The third-order valence-corrected chi connectivity index (χ3v) is 2.96. The van der Waals surface area contributed by atoms with Crippen molar-refractivity contribution in [3.05, 3.63) is 41.6 Å². The molecule has 0 saturated heterocycles. The van der Waals surface area contributed by atoms with Gasteiger partial charge in [-0.1, -0.05) is 37.6 Å². The van der Waals surface area contributed by atoms with Gasteiger partial charge < -0.3 is 5.32 Å². The molecular formula is C15H19N3. The minimum atomic E-state index is 0.660. The Bertz CT molecular complexity index is 518. The van der Waals surface area contributed by atoms with Crippen molar-refractivity contribution in [3.63, 3.8) is 0 Å². The van der Waals surface area contributed by atoms with E-state index in [0.29, 0.717) is 5.95 Å². The zero-order valence-electron chi connectivity index (χ0n) is 11.2. The van der Waals surface area contributed by atoms with Crippen molar-refractivity contribution in [2.45, 2.75) is 26.7 Å². The summed E-state index contributed by atoms with van der Waals surface area (Å²) in [5.74, 6) is 0.660. The van der Waals surface area contributed by atoms with Gasteiger partial charge in [-0.3, -0.25) is 0 Å². The van der Waals surface area contributed by atoms with Crippen molar-refractivity contribution < 1.29 is 0 Å². The van der Waals surface area contributed by atoms with E-state index >= 15 is 0 Å². The van der Waals surface area contributed by atoms with Crippen LogP contribution < -0.4 is 5.32 Å². The second kappa shape index (κ2) is 5.63. The molecule has 3 heteroatoms. The predicted octanol–water partition coefficient (Wildman–Crippen LogP) is 3.45. The Morgan fingerprint density at radius 1 is 1.17 bits per heavy atom. The Hall–Kier alpha value is -1.90. The summed E-state index contributed by atoms with van der Waals surface area (Å²) in [6, 6.07) is 8.64. The van der Waals surface area contributed by atoms with Gasteiger partial charge in [0, 0.05) is 18.8 Å². The lowest BCUT2D eigenvalue weighted by atomic mass is 10.0. The maximum Gasteiger partial charge on any atom is 0.222 e. The molecule has 0 bridgehead atoms. The quantitative estimate of drug-likeness (QED) is 0.891. The number of rotatable bonds is 4. The first-order valence-corrected chi connectivity index (χ1v) is 6.35. The fraction of sp³-hybridized carbons (Fsp3) is 0.333. The molecule has 0 saturated carbocycles. The van der Waals surface area contributed by atoms with E-state index < -0.39 is 0 Å². The van der Waals surface area contributed by atoms with Gasteiger partial charge in [-0.05, 0) is 24.5 Å². The molecule has 18 heavy (non-hydrogen) atoms. The van der Waals surface area contributed by atoms with E-state index in [9.17, 15) is 0 Å². The van der Waals surface area contributed by atoms with Crippen LogP contribution in [-0.2, 0) is 6.42 Å². The van der Waals surface area contributed by atoms with Crippen LogP contribution in [0.5, 0.6) is 0 Å². The van der Waals surface area contributed by atoms with Crippen LogP contribution in [0.1, 0.15) is 24.5 Å². The van der Waals surface area contributed by atoms with Gasteiger partial charge >= 0.3 is 0 Å². The fourth-order valence-corrected chi connectivity index (χ4v) is 1.97. The largest absolute Gasteiger partial charge is 0.357 e. The first-order valence-electron chi connectivity index (χ1n) is 6.35. The molecule has 3 nitrogen and oxygen atoms in total. The van der Waals surface area contributed by atoms with Gasteiger partial charge in [0.15, 0.2) is 0 Å². The van der Waals surface area contributed by atoms with Crippen molar-refractivity contribution in [2.24, 2.45) is 0 Å². The van der Waals surface area contributed by atoms with Crippen LogP contribution in [0.25, 0.3) is 11.3 Å². The standard InChI is InChI=1S/C15H19N3/c1-4-5-12-6-8-13(9-7-12)14-11(2)10-17-15(16-3)18-14/h6-10H,4-5H2,1-3H3,(H,16,17,18). The highest BCUT2D eigenvalue weighted by atomic mass is 15.1. The van der Waals surface area contributed by atoms with E-state index in [4.69, 9.17) is 0 Å². The first kappa shape index (κ1) is 12.6. The van der Waals surface area contributed by atoms with Gasteiger partial charge in [0.05, 0.1) is 5.69 Å². The highest BCUT2D eigenvalue weighted by Gasteiger charge is 2.05. The zero-order valence-corrected chi connectivity index (χ0v) is 11.2. The van der Waals surface area contributed by atoms with Crippen molar-refractivity contribution in [1.29, 1.82) is 0 Å². The average molecular weight is 241 g/mol. The first-order chi connectivity index (χ1) is 8.74. The third kappa shape index (κ3) is 2.67.